The molecule has 0 N–H and O–H groups in total. The Labute approximate surface area is 161 Å². The lowest BCUT2D eigenvalue weighted by molar-refractivity contribution is 0.0693. The molecule has 2 aromatic rings. The molecule has 0 radical (unpaired) electrons. The van der Waals surface area contributed by atoms with Crippen LogP contribution in [0.3, 0.4) is 0 Å². The van der Waals surface area contributed by atoms with Crippen LogP contribution >= 0.6 is 0 Å². The molecule has 2 aliphatic rings. The predicted octanol–water partition coefficient (Wildman–Crippen LogP) is 3.40. The number of aromatic nitrogens is 2. The van der Waals surface area contributed by atoms with Gasteiger partial charge in [0, 0.05) is 42.6 Å². The van der Waals surface area contributed by atoms with Crippen molar-refractivity contribution in [3.63, 3.8) is 0 Å². The zero-order valence-electron chi connectivity index (χ0n) is 16.5. The van der Waals surface area contributed by atoms with Gasteiger partial charge in [-0.25, -0.2) is 9.97 Å². The zero-order chi connectivity index (χ0) is 19.0. The third kappa shape index (κ3) is 3.55. The average molecular weight is 364 g/mol. The normalized spacial score (nSPS) is 21.6. The number of hydrogen-bond acceptors (Lipinski definition) is 4. The summed E-state index contributed by atoms with van der Waals surface area (Å²) in [6.45, 7) is 8.71. The standard InChI is InChI=1S/C22H28N4O/c1-4-7-18-8-5-6-9-20(18)21(27)25-12-17-11-19(14-25)26(13-17)22-23-15(2)10-16(3)24-22/h5-6,8-10,17,19H,4,7,11-14H2,1-3H3. The quantitative estimate of drug-likeness (QED) is 0.834. The van der Waals surface area contributed by atoms with Crippen LogP contribution in [0.2, 0.25) is 0 Å². The van der Waals surface area contributed by atoms with Gasteiger partial charge < -0.3 is 9.80 Å². The summed E-state index contributed by atoms with van der Waals surface area (Å²) in [7, 11) is 0. The summed E-state index contributed by atoms with van der Waals surface area (Å²) < 4.78 is 0. The molecule has 142 valence electrons. The topological polar surface area (TPSA) is 49.3 Å². The molecule has 2 unspecified atom stereocenters. The number of nitrogens with zero attached hydrogens (tertiary/aromatic N) is 4. The van der Waals surface area contributed by atoms with Crippen molar-refractivity contribution in [3.05, 3.63) is 52.8 Å². The Hall–Kier alpha value is -2.43. The number of likely N-dealkylation sites (tertiary alicyclic amines) is 1. The average Bonchev–Trinajstić information content (AvgIpc) is 2.95. The van der Waals surface area contributed by atoms with Gasteiger partial charge >= 0.3 is 0 Å². The number of carbonyl (C=O) groups excluding carboxylic acids is 1. The van der Waals surface area contributed by atoms with Gasteiger partial charge in [0.2, 0.25) is 5.95 Å². The molecule has 2 fully saturated rings. The maximum absolute atomic E-state index is 13.2. The Morgan fingerprint density at radius 1 is 1.11 bits per heavy atom. The monoisotopic (exact) mass is 364 g/mol. The molecule has 2 saturated heterocycles. The van der Waals surface area contributed by atoms with Crippen LogP contribution in [0.25, 0.3) is 0 Å². The fourth-order valence-electron chi connectivity index (χ4n) is 4.59. The number of fused-ring (bicyclic) bond motifs is 2. The maximum Gasteiger partial charge on any atom is 0.254 e. The minimum Gasteiger partial charge on any atom is -0.336 e. The molecule has 4 rings (SSSR count). The molecule has 5 nitrogen and oxygen atoms in total. The van der Waals surface area contributed by atoms with Crippen molar-refractivity contribution in [1.29, 1.82) is 0 Å². The van der Waals surface area contributed by atoms with Gasteiger partial charge in [0.05, 0.1) is 0 Å². The zero-order valence-corrected chi connectivity index (χ0v) is 16.5. The smallest absolute Gasteiger partial charge is 0.254 e. The van der Waals surface area contributed by atoms with E-state index in [1.807, 2.05) is 38.1 Å². The lowest BCUT2D eigenvalue weighted by Gasteiger charge is -2.33. The number of hydrogen-bond donors (Lipinski definition) is 0. The highest BCUT2D eigenvalue weighted by Crippen LogP contribution is 2.33. The van der Waals surface area contributed by atoms with Gasteiger partial charge in [-0.3, -0.25) is 4.79 Å². The van der Waals surface area contributed by atoms with Crippen molar-refractivity contribution in [2.45, 2.75) is 46.1 Å². The summed E-state index contributed by atoms with van der Waals surface area (Å²) in [5.41, 5.74) is 4.04. The van der Waals surface area contributed by atoms with Gasteiger partial charge in [-0.2, -0.15) is 0 Å². The largest absolute Gasteiger partial charge is 0.336 e. The molecule has 3 heterocycles. The van der Waals surface area contributed by atoms with E-state index >= 15 is 0 Å². The van der Waals surface area contributed by atoms with E-state index < -0.39 is 0 Å². The fourth-order valence-corrected chi connectivity index (χ4v) is 4.59. The van der Waals surface area contributed by atoms with E-state index in [1.54, 1.807) is 0 Å². The van der Waals surface area contributed by atoms with Crippen LogP contribution in [0.4, 0.5) is 5.95 Å². The highest BCUT2D eigenvalue weighted by Gasteiger charge is 2.41. The van der Waals surface area contributed by atoms with E-state index in [1.165, 1.54) is 0 Å². The van der Waals surface area contributed by atoms with Crippen molar-refractivity contribution in [1.82, 2.24) is 14.9 Å². The van der Waals surface area contributed by atoms with Gasteiger partial charge in [0.25, 0.3) is 5.91 Å². The third-order valence-corrected chi connectivity index (χ3v) is 5.69. The Morgan fingerprint density at radius 3 is 2.59 bits per heavy atom. The van der Waals surface area contributed by atoms with Crippen LogP contribution in [0.15, 0.2) is 30.3 Å². The minimum atomic E-state index is 0.178. The van der Waals surface area contributed by atoms with Gasteiger partial charge in [-0.05, 0) is 50.3 Å². The third-order valence-electron chi connectivity index (χ3n) is 5.69. The Kier molecular flexibility index (Phi) is 4.85. The molecule has 0 saturated carbocycles. The number of piperidine rings is 1. The van der Waals surface area contributed by atoms with E-state index in [9.17, 15) is 4.79 Å². The van der Waals surface area contributed by atoms with Crippen molar-refractivity contribution >= 4 is 11.9 Å². The summed E-state index contributed by atoms with van der Waals surface area (Å²) in [5, 5.41) is 0. The number of anilines is 1. The van der Waals surface area contributed by atoms with E-state index in [4.69, 9.17) is 0 Å². The maximum atomic E-state index is 13.2. The Bertz CT molecular complexity index is 830. The van der Waals surface area contributed by atoms with Crippen molar-refractivity contribution in [3.8, 4) is 0 Å². The lowest BCUT2D eigenvalue weighted by atomic mass is 9.97. The summed E-state index contributed by atoms with van der Waals surface area (Å²) in [6.07, 6.45) is 3.12. The van der Waals surface area contributed by atoms with E-state index in [-0.39, 0.29) is 5.91 Å². The molecule has 1 amide bonds. The fraction of sp³-hybridized carbons (Fsp3) is 0.500. The molecule has 1 aromatic heterocycles. The molecular weight excluding hydrogens is 336 g/mol. The minimum absolute atomic E-state index is 0.178. The molecule has 0 spiro atoms. The van der Waals surface area contributed by atoms with Gasteiger partial charge in [0.15, 0.2) is 0 Å². The molecule has 27 heavy (non-hydrogen) atoms. The van der Waals surface area contributed by atoms with Crippen LogP contribution in [0.1, 0.15) is 47.1 Å². The number of amides is 1. The first-order valence-electron chi connectivity index (χ1n) is 10.0. The van der Waals surface area contributed by atoms with Crippen molar-refractivity contribution in [2.75, 3.05) is 24.5 Å². The Balaban J connectivity index is 1.55. The van der Waals surface area contributed by atoms with Gasteiger partial charge in [0.1, 0.15) is 0 Å². The first-order valence-corrected chi connectivity index (χ1v) is 10.0. The van der Waals surface area contributed by atoms with E-state index in [2.05, 4.69) is 32.8 Å². The van der Waals surface area contributed by atoms with Crippen molar-refractivity contribution < 1.29 is 4.79 Å². The van der Waals surface area contributed by atoms with Crippen LogP contribution in [-0.4, -0.2) is 46.5 Å². The second-order valence-corrected chi connectivity index (χ2v) is 7.98. The first-order chi connectivity index (χ1) is 13.0. The summed E-state index contributed by atoms with van der Waals surface area (Å²) in [6, 6.07) is 10.4. The number of rotatable bonds is 4. The van der Waals surface area contributed by atoms with Crippen LogP contribution in [0.5, 0.6) is 0 Å². The van der Waals surface area contributed by atoms with E-state index in [0.717, 1.165) is 67.4 Å². The second kappa shape index (κ2) is 7.29. The molecule has 0 aliphatic carbocycles. The molecule has 2 atom stereocenters. The summed E-state index contributed by atoms with van der Waals surface area (Å²) in [5.74, 6) is 1.49. The summed E-state index contributed by atoms with van der Waals surface area (Å²) >= 11 is 0. The first kappa shape index (κ1) is 18.0. The number of carbonyl (C=O) groups is 1. The molecule has 2 bridgehead atoms. The Morgan fingerprint density at radius 2 is 1.85 bits per heavy atom. The SMILES string of the molecule is CCCc1ccccc1C(=O)N1CC2CC(C1)N(c1nc(C)cc(C)n1)C2. The second-order valence-electron chi connectivity index (χ2n) is 7.98. The van der Waals surface area contributed by atoms with Crippen LogP contribution in [0, 0.1) is 19.8 Å². The molecule has 1 aromatic carbocycles. The number of benzene rings is 1. The highest BCUT2D eigenvalue weighted by atomic mass is 16.2. The molecule has 2 aliphatic heterocycles. The molecular formula is C22H28N4O. The van der Waals surface area contributed by atoms with E-state index in [0.29, 0.717) is 12.0 Å². The summed E-state index contributed by atoms with van der Waals surface area (Å²) in [4.78, 5) is 26.9. The van der Waals surface area contributed by atoms with Crippen molar-refractivity contribution in [2.24, 2.45) is 5.92 Å². The predicted molar refractivity (Wildman–Crippen MR) is 107 cm³/mol. The highest BCUT2D eigenvalue weighted by molar-refractivity contribution is 5.96. The van der Waals surface area contributed by atoms with Crippen LogP contribution in [-0.2, 0) is 6.42 Å². The lowest BCUT2D eigenvalue weighted by Crippen LogP contribution is -2.45. The van der Waals surface area contributed by atoms with Crippen LogP contribution < -0.4 is 4.90 Å². The van der Waals surface area contributed by atoms with Gasteiger partial charge in [-0.1, -0.05) is 31.5 Å². The number of aryl methyl sites for hydroxylation is 3. The molecule has 5 heteroatoms. The van der Waals surface area contributed by atoms with Gasteiger partial charge in [-0.15, -0.1) is 0 Å².